The van der Waals surface area contributed by atoms with E-state index >= 15 is 0 Å². The summed E-state index contributed by atoms with van der Waals surface area (Å²) in [6.45, 7) is 8.80. The van der Waals surface area contributed by atoms with Crippen molar-refractivity contribution in [2.45, 2.75) is 78.0 Å². The van der Waals surface area contributed by atoms with Gasteiger partial charge in [0.25, 0.3) is 0 Å². The molecule has 10 heteroatoms. The number of benzene rings is 1. The molecule has 0 saturated carbocycles. The number of nitrogens with one attached hydrogen (secondary N) is 2. The summed E-state index contributed by atoms with van der Waals surface area (Å²) in [5, 5.41) is 26.1. The molecule has 3 amide bonds. The van der Waals surface area contributed by atoms with Crippen LogP contribution in [0.1, 0.15) is 70.5 Å². The third-order valence-electron chi connectivity index (χ3n) is 5.43. The Balaban J connectivity index is 3.40. The van der Waals surface area contributed by atoms with Crippen LogP contribution in [0.3, 0.4) is 0 Å². The molecule has 204 valence electrons. The number of thioether (sulfide) groups is 1. The molecule has 9 nitrogen and oxygen atoms in total. The average molecular weight is 526 g/mol. The zero-order valence-electron chi connectivity index (χ0n) is 22.4. The van der Waals surface area contributed by atoms with Crippen molar-refractivity contribution in [3.8, 4) is 5.75 Å². The van der Waals surface area contributed by atoms with E-state index in [9.17, 15) is 24.6 Å². The maximum absolute atomic E-state index is 13.8. The summed E-state index contributed by atoms with van der Waals surface area (Å²) in [6, 6.07) is 2.82. The number of unbranched alkanes of at least 4 members (excludes halogenated alkanes) is 2. The number of para-hydroxylation sites is 1. The first-order valence-electron chi connectivity index (χ1n) is 12.4. The highest BCUT2D eigenvalue weighted by Crippen LogP contribution is 2.32. The number of ether oxygens (including phenoxy) is 1. The molecule has 0 bridgehead atoms. The van der Waals surface area contributed by atoms with Crippen LogP contribution in [0.5, 0.6) is 5.75 Å². The third-order valence-corrected chi connectivity index (χ3v) is 6.07. The summed E-state index contributed by atoms with van der Waals surface area (Å²) < 4.78 is 5.35. The molecular formula is C26H43N3O6S. The van der Waals surface area contributed by atoms with Gasteiger partial charge in [-0.1, -0.05) is 38.0 Å². The Kier molecular flexibility index (Phi) is 13.7. The zero-order valence-corrected chi connectivity index (χ0v) is 23.2. The molecule has 1 aromatic carbocycles. The van der Waals surface area contributed by atoms with Crippen molar-refractivity contribution in [3.05, 3.63) is 29.3 Å². The monoisotopic (exact) mass is 525 g/mol. The average Bonchev–Trinajstić information content (AvgIpc) is 2.80. The van der Waals surface area contributed by atoms with Crippen LogP contribution in [0.25, 0.3) is 0 Å². The van der Waals surface area contributed by atoms with Crippen molar-refractivity contribution in [1.29, 1.82) is 0 Å². The van der Waals surface area contributed by atoms with Crippen molar-refractivity contribution in [2.75, 3.05) is 31.7 Å². The number of aliphatic hydroxyl groups excluding tert-OH is 1. The fourth-order valence-electron chi connectivity index (χ4n) is 3.65. The lowest BCUT2D eigenvalue weighted by Gasteiger charge is -2.34. The number of aliphatic hydroxyl groups is 1. The molecule has 2 atom stereocenters. The standard InChI is InChI=1S/C26H43N3O6S/c1-7-8-9-14-27-23(32)21(19-12-10-11-18(2)22(19)31)29(15-16-30)24(33)20(13-17-36-6)28-25(34)35-26(3,4)5/h10-12,20-21,30-31H,7-9,13-17H2,1-6H3,(H,27,32)(H,28,34). The minimum atomic E-state index is -1.19. The smallest absolute Gasteiger partial charge is 0.408 e. The van der Waals surface area contributed by atoms with Crippen LogP contribution in [0, 0.1) is 6.92 Å². The fourth-order valence-corrected chi connectivity index (χ4v) is 4.12. The highest BCUT2D eigenvalue weighted by molar-refractivity contribution is 7.98. The quantitative estimate of drug-likeness (QED) is 0.274. The largest absolute Gasteiger partial charge is 0.507 e. The summed E-state index contributed by atoms with van der Waals surface area (Å²) in [5.41, 5.74) is 0.0557. The molecule has 0 spiro atoms. The first kappa shape index (κ1) is 31.6. The maximum Gasteiger partial charge on any atom is 0.408 e. The van der Waals surface area contributed by atoms with Crippen LogP contribution in [0.2, 0.25) is 0 Å². The number of phenolic OH excluding ortho intramolecular Hbond substituents is 1. The molecule has 0 aliphatic carbocycles. The number of hydrogen-bond acceptors (Lipinski definition) is 7. The molecule has 0 heterocycles. The van der Waals surface area contributed by atoms with E-state index < -0.39 is 42.2 Å². The number of alkyl carbamates (subject to hydrolysis) is 1. The summed E-state index contributed by atoms with van der Waals surface area (Å²) in [4.78, 5) is 41.0. The van der Waals surface area contributed by atoms with Gasteiger partial charge in [-0.2, -0.15) is 11.8 Å². The number of aryl methyl sites for hydroxylation is 1. The van der Waals surface area contributed by atoms with Crippen molar-refractivity contribution in [2.24, 2.45) is 0 Å². The topological polar surface area (TPSA) is 128 Å². The lowest BCUT2D eigenvalue weighted by atomic mass is 9.99. The van der Waals surface area contributed by atoms with Gasteiger partial charge in [0, 0.05) is 18.7 Å². The third kappa shape index (κ3) is 10.3. The maximum atomic E-state index is 13.8. The summed E-state index contributed by atoms with van der Waals surface area (Å²) in [5.74, 6) is -0.529. The zero-order chi connectivity index (χ0) is 27.3. The molecule has 0 aliphatic rings. The molecule has 0 radical (unpaired) electrons. The lowest BCUT2D eigenvalue weighted by Crippen LogP contribution is -2.54. The first-order valence-corrected chi connectivity index (χ1v) is 13.8. The van der Waals surface area contributed by atoms with Crippen LogP contribution in [-0.2, 0) is 14.3 Å². The number of hydrogen-bond donors (Lipinski definition) is 4. The Hall–Kier alpha value is -2.46. The normalized spacial score (nSPS) is 13.0. The van der Waals surface area contributed by atoms with Crippen LogP contribution >= 0.6 is 11.8 Å². The molecule has 0 aromatic heterocycles. The predicted molar refractivity (Wildman–Crippen MR) is 143 cm³/mol. The number of carbonyl (C=O) groups is 3. The Bertz CT molecular complexity index is 859. The second-order valence-electron chi connectivity index (χ2n) is 9.65. The van der Waals surface area contributed by atoms with E-state index in [1.54, 1.807) is 45.9 Å². The van der Waals surface area contributed by atoms with Gasteiger partial charge in [0.1, 0.15) is 23.4 Å². The van der Waals surface area contributed by atoms with Gasteiger partial charge in [-0.3, -0.25) is 9.59 Å². The van der Waals surface area contributed by atoms with Crippen LogP contribution in [-0.4, -0.2) is 76.4 Å². The van der Waals surface area contributed by atoms with Crippen LogP contribution in [0.15, 0.2) is 18.2 Å². The number of rotatable bonds is 14. The van der Waals surface area contributed by atoms with Crippen LogP contribution in [0.4, 0.5) is 4.79 Å². The van der Waals surface area contributed by atoms with Gasteiger partial charge in [-0.05, 0) is 58.1 Å². The van der Waals surface area contributed by atoms with Gasteiger partial charge >= 0.3 is 6.09 Å². The van der Waals surface area contributed by atoms with E-state index in [4.69, 9.17) is 4.74 Å². The Morgan fingerprint density at radius 1 is 1.19 bits per heavy atom. The van der Waals surface area contributed by atoms with Crippen molar-refractivity contribution < 1.29 is 29.3 Å². The molecule has 0 aliphatic heterocycles. The molecule has 4 N–H and O–H groups in total. The molecule has 0 saturated heterocycles. The van der Waals surface area contributed by atoms with Gasteiger partial charge in [-0.25, -0.2) is 4.79 Å². The predicted octanol–water partition coefficient (Wildman–Crippen LogP) is 3.52. The van der Waals surface area contributed by atoms with E-state index in [2.05, 4.69) is 17.6 Å². The van der Waals surface area contributed by atoms with Crippen molar-refractivity contribution in [3.63, 3.8) is 0 Å². The van der Waals surface area contributed by atoms with Gasteiger partial charge in [0.15, 0.2) is 0 Å². The van der Waals surface area contributed by atoms with Gasteiger partial charge in [0.05, 0.1) is 6.61 Å². The number of amides is 3. The van der Waals surface area contributed by atoms with E-state index in [0.717, 1.165) is 19.3 Å². The Morgan fingerprint density at radius 2 is 1.89 bits per heavy atom. The van der Waals surface area contributed by atoms with E-state index in [-0.39, 0.29) is 17.9 Å². The number of phenols is 1. The Morgan fingerprint density at radius 3 is 2.47 bits per heavy atom. The molecule has 2 unspecified atom stereocenters. The second kappa shape index (κ2) is 15.6. The van der Waals surface area contributed by atoms with Crippen molar-refractivity contribution in [1.82, 2.24) is 15.5 Å². The van der Waals surface area contributed by atoms with Gasteiger partial charge in [0.2, 0.25) is 11.8 Å². The summed E-state index contributed by atoms with van der Waals surface area (Å²) in [7, 11) is 0. The molecule has 1 rings (SSSR count). The second-order valence-corrected chi connectivity index (χ2v) is 10.6. The highest BCUT2D eigenvalue weighted by atomic mass is 32.2. The fraction of sp³-hybridized carbons (Fsp3) is 0.654. The van der Waals surface area contributed by atoms with Gasteiger partial charge in [-0.15, -0.1) is 0 Å². The Labute approximate surface area is 219 Å². The summed E-state index contributed by atoms with van der Waals surface area (Å²) in [6.07, 6.45) is 4.14. The SMILES string of the molecule is CCCCCNC(=O)C(c1cccc(C)c1O)N(CCO)C(=O)C(CCSC)NC(=O)OC(C)(C)C. The van der Waals surface area contributed by atoms with Crippen LogP contribution < -0.4 is 10.6 Å². The lowest BCUT2D eigenvalue weighted by molar-refractivity contribution is -0.143. The first-order chi connectivity index (χ1) is 17.0. The summed E-state index contributed by atoms with van der Waals surface area (Å²) >= 11 is 1.51. The molecule has 36 heavy (non-hydrogen) atoms. The van der Waals surface area contributed by atoms with E-state index in [1.165, 1.54) is 16.7 Å². The number of aromatic hydroxyl groups is 1. The minimum absolute atomic E-state index is 0.0947. The molecule has 1 aromatic rings. The molecule has 0 fully saturated rings. The van der Waals surface area contributed by atoms with E-state index in [0.29, 0.717) is 24.3 Å². The van der Waals surface area contributed by atoms with E-state index in [1.807, 2.05) is 6.26 Å². The highest BCUT2D eigenvalue weighted by Gasteiger charge is 2.37. The molecular weight excluding hydrogens is 482 g/mol. The van der Waals surface area contributed by atoms with Crippen molar-refractivity contribution >= 4 is 29.7 Å². The van der Waals surface area contributed by atoms with Gasteiger partial charge < -0.3 is 30.5 Å². The minimum Gasteiger partial charge on any atom is -0.507 e. The number of nitrogens with zero attached hydrogens (tertiary/aromatic N) is 1. The number of carbonyl (C=O) groups excluding carboxylic acids is 3.